The number of hydrogen-bond acceptors (Lipinski definition) is 4. The minimum absolute atomic E-state index is 0.229. The molecule has 0 radical (unpaired) electrons. The number of sulfonamides is 1. The number of primary amides is 1. The van der Waals surface area contributed by atoms with Gasteiger partial charge in [0.2, 0.25) is 5.91 Å². The molecule has 0 bridgehead atoms. The van der Waals surface area contributed by atoms with Gasteiger partial charge in [0, 0.05) is 11.6 Å². The number of para-hydroxylation sites is 1. The maximum absolute atomic E-state index is 12.5. The van der Waals surface area contributed by atoms with E-state index in [0.29, 0.717) is 28.6 Å². The predicted octanol–water partition coefficient (Wildman–Crippen LogP) is 2.31. The van der Waals surface area contributed by atoms with E-state index in [0.717, 1.165) is 6.42 Å². The van der Waals surface area contributed by atoms with Crippen LogP contribution in [-0.2, 0) is 10.0 Å². The van der Waals surface area contributed by atoms with Crippen LogP contribution < -0.4 is 10.5 Å². The Hall–Kier alpha value is -2.67. The summed E-state index contributed by atoms with van der Waals surface area (Å²) in [5.41, 5.74) is 6.34. The Bertz CT molecular complexity index is 946. The Morgan fingerprint density at radius 3 is 2.74 bits per heavy atom. The Kier molecular flexibility index (Phi) is 3.87. The van der Waals surface area contributed by atoms with Crippen molar-refractivity contribution < 1.29 is 13.2 Å². The average molecular weight is 329 g/mol. The van der Waals surface area contributed by atoms with Crippen LogP contribution in [-0.4, -0.2) is 19.3 Å². The first kappa shape index (κ1) is 15.2. The molecule has 1 aromatic carbocycles. The quantitative estimate of drug-likeness (QED) is 0.898. The molecule has 118 valence electrons. The highest BCUT2D eigenvalue weighted by Gasteiger charge is 2.19. The highest BCUT2D eigenvalue weighted by molar-refractivity contribution is 7.96. The zero-order chi connectivity index (χ0) is 16.4. The first-order valence-electron chi connectivity index (χ1n) is 7.06. The second-order valence-electron chi connectivity index (χ2n) is 5.12. The number of anilines is 1. The molecule has 0 unspecified atom stereocenters. The average Bonchev–Trinajstić information content (AvgIpc) is 2.55. The molecular weight excluding hydrogens is 314 g/mol. The molecule has 23 heavy (non-hydrogen) atoms. The standard InChI is InChI=1S/C16H15N3O3S/c17-16(20)13-9-10-18-15-12(13)7-4-8-14(15)19-23(21,22)11-5-2-1-3-6-11/h2,4-10,19H,1,3H2,(H2,17,20). The molecule has 0 spiro atoms. The van der Waals surface area contributed by atoms with Crippen LogP contribution in [0.1, 0.15) is 23.2 Å². The van der Waals surface area contributed by atoms with Crippen molar-refractivity contribution in [3.05, 3.63) is 59.2 Å². The molecule has 0 saturated heterocycles. The number of aromatic nitrogens is 1. The first-order chi connectivity index (χ1) is 11.0. The van der Waals surface area contributed by atoms with Crippen LogP contribution in [0, 0.1) is 0 Å². The number of hydrogen-bond donors (Lipinski definition) is 2. The lowest BCUT2D eigenvalue weighted by Crippen LogP contribution is -2.16. The number of fused-ring (bicyclic) bond motifs is 1. The molecule has 7 heteroatoms. The van der Waals surface area contributed by atoms with Gasteiger partial charge in [0.15, 0.2) is 0 Å². The molecule has 0 aliphatic heterocycles. The summed E-state index contributed by atoms with van der Waals surface area (Å²) in [4.78, 5) is 15.9. The molecular formula is C16H15N3O3S. The van der Waals surface area contributed by atoms with E-state index in [1.165, 1.54) is 12.3 Å². The van der Waals surface area contributed by atoms with Gasteiger partial charge >= 0.3 is 0 Å². The Morgan fingerprint density at radius 1 is 1.22 bits per heavy atom. The third-order valence-corrected chi connectivity index (χ3v) is 4.96. The lowest BCUT2D eigenvalue weighted by molar-refractivity contribution is 0.100. The molecule has 1 aliphatic carbocycles. The number of amides is 1. The number of nitrogens with one attached hydrogen (secondary N) is 1. The number of carbonyl (C=O) groups excluding carboxylic acids is 1. The van der Waals surface area contributed by atoms with E-state index in [-0.39, 0.29) is 4.91 Å². The summed E-state index contributed by atoms with van der Waals surface area (Å²) >= 11 is 0. The summed E-state index contributed by atoms with van der Waals surface area (Å²) in [5, 5.41) is 0.508. The van der Waals surface area contributed by atoms with E-state index in [4.69, 9.17) is 5.73 Å². The highest BCUT2D eigenvalue weighted by Crippen LogP contribution is 2.26. The van der Waals surface area contributed by atoms with Gasteiger partial charge in [0.1, 0.15) is 0 Å². The van der Waals surface area contributed by atoms with Crippen molar-refractivity contribution in [2.24, 2.45) is 5.73 Å². The monoisotopic (exact) mass is 329 g/mol. The molecule has 1 aliphatic rings. The fourth-order valence-electron chi connectivity index (χ4n) is 2.47. The van der Waals surface area contributed by atoms with Crippen molar-refractivity contribution in [3.63, 3.8) is 0 Å². The first-order valence-corrected chi connectivity index (χ1v) is 8.54. The van der Waals surface area contributed by atoms with Crippen molar-refractivity contribution in [1.29, 1.82) is 0 Å². The number of nitrogens with zero attached hydrogens (tertiary/aromatic N) is 1. The summed E-state index contributed by atoms with van der Waals surface area (Å²) in [6.07, 6.45) is 8.03. The van der Waals surface area contributed by atoms with E-state index >= 15 is 0 Å². The van der Waals surface area contributed by atoms with Gasteiger partial charge in [-0.2, -0.15) is 0 Å². The molecule has 0 fully saturated rings. The van der Waals surface area contributed by atoms with E-state index in [1.807, 2.05) is 6.08 Å². The van der Waals surface area contributed by atoms with Crippen LogP contribution in [0.4, 0.5) is 5.69 Å². The van der Waals surface area contributed by atoms with Gasteiger partial charge in [0.25, 0.3) is 10.0 Å². The Labute approximate surface area is 133 Å². The predicted molar refractivity (Wildman–Crippen MR) is 89.3 cm³/mol. The van der Waals surface area contributed by atoms with Gasteiger partial charge in [-0.3, -0.25) is 14.5 Å². The van der Waals surface area contributed by atoms with Crippen LogP contribution in [0.5, 0.6) is 0 Å². The van der Waals surface area contributed by atoms with E-state index in [9.17, 15) is 13.2 Å². The van der Waals surface area contributed by atoms with E-state index in [2.05, 4.69) is 9.71 Å². The second kappa shape index (κ2) is 5.85. The van der Waals surface area contributed by atoms with Crippen LogP contribution in [0.25, 0.3) is 10.9 Å². The molecule has 0 saturated carbocycles. The highest BCUT2D eigenvalue weighted by atomic mass is 32.2. The number of carbonyl (C=O) groups is 1. The lowest BCUT2D eigenvalue weighted by atomic mass is 10.1. The van der Waals surface area contributed by atoms with Crippen molar-refractivity contribution >= 4 is 32.5 Å². The largest absolute Gasteiger partial charge is 0.366 e. The van der Waals surface area contributed by atoms with Gasteiger partial charge in [-0.15, -0.1) is 0 Å². The van der Waals surface area contributed by atoms with E-state index in [1.54, 1.807) is 30.4 Å². The summed E-state index contributed by atoms with van der Waals surface area (Å²) in [5.74, 6) is -0.588. The minimum Gasteiger partial charge on any atom is -0.366 e. The molecule has 1 amide bonds. The van der Waals surface area contributed by atoms with Gasteiger partial charge in [-0.05, 0) is 31.1 Å². The SMILES string of the molecule is NC(=O)c1ccnc2c(NS(=O)(=O)C3=CCCC=C3)cccc12. The molecule has 6 nitrogen and oxygen atoms in total. The maximum Gasteiger partial charge on any atom is 0.261 e. The number of benzene rings is 1. The van der Waals surface area contributed by atoms with Crippen LogP contribution >= 0.6 is 0 Å². The maximum atomic E-state index is 12.5. The normalized spacial score (nSPS) is 14.5. The third kappa shape index (κ3) is 2.95. The molecule has 0 atom stereocenters. The number of rotatable bonds is 4. The van der Waals surface area contributed by atoms with E-state index < -0.39 is 15.9 Å². The van der Waals surface area contributed by atoms with Crippen LogP contribution in [0.15, 0.2) is 53.6 Å². The zero-order valence-electron chi connectivity index (χ0n) is 12.2. The van der Waals surface area contributed by atoms with Crippen LogP contribution in [0.2, 0.25) is 0 Å². The van der Waals surface area contributed by atoms with Gasteiger partial charge in [-0.25, -0.2) is 8.42 Å². The van der Waals surface area contributed by atoms with Crippen molar-refractivity contribution in [1.82, 2.24) is 4.98 Å². The van der Waals surface area contributed by atoms with Crippen LogP contribution in [0.3, 0.4) is 0 Å². The van der Waals surface area contributed by atoms with Gasteiger partial charge in [0.05, 0.1) is 21.7 Å². The van der Waals surface area contributed by atoms with Gasteiger partial charge in [-0.1, -0.05) is 24.3 Å². The molecule has 1 heterocycles. The number of pyridine rings is 1. The lowest BCUT2D eigenvalue weighted by Gasteiger charge is -2.13. The van der Waals surface area contributed by atoms with Gasteiger partial charge < -0.3 is 5.73 Å². The summed E-state index contributed by atoms with van der Waals surface area (Å²) in [6, 6.07) is 6.44. The Morgan fingerprint density at radius 2 is 2.04 bits per heavy atom. The Balaban J connectivity index is 2.07. The number of nitrogens with two attached hydrogens (primary N) is 1. The molecule has 3 rings (SSSR count). The second-order valence-corrected chi connectivity index (χ2v) is 6.80. The summed E-state index contributed by atoms with van der Waals surface area (Å²) in [6.45, 7) is 0. The smallest absolute Gasteiger partial charge is 0.261 e. The fourth-order valence-corrected chi connectivity index (χ4v) is 3.65. The van der Waals surface area contributed by atoms with Crippen molar-refractivity contribution in [3.8, 4) is 0 Å². The molecule has 1 aromatic heterocycles. The molecule has 2 aromatic rings. The topological polar surface area (TPSA) is 102 Å². The third-order valence-electron chi connectivity index (χ3n) is 3.55. The van der Waals surface area contributed by atoms with Crippen molar-refractivity contribution in [2.45, 2.75) is 12.8 Å². The van der Waals surface area contributed by atoms with Crippen molar-refractivity contribution in [2.75, 3.05) is 4.72 Å². The summed E-state index contributed by atoms with van der Waals surface area (Å²) < 4.78 is 27.5. The minimum atomic E-state index is -3.69. The summed E-state index contributed by atoms with van der Waals surface area (Å²) in [7, 11) is -3.69. The number of allylic oxidation sites excluding steroid dienone is 3. The molecule has 3 N–H and O–H groups in total. The zero-order valence-corrected chi connectivity index (χ0v) is 13.0. The fraction of sp³-hybridized carbons (Fsp3) is 0.125.